The van der Waals surface area contributed by atoms with Gasteiger partial charge in [0.05, 0.1) is 28.1 Å². The number of aromatic nitrogens is 6. The molecule has 8 nitrogen and oxygen atoms in total. The van der Waals surface area contributed by atoms with Gasteiger partial charge in [0.25, 0.3) is 0 Å². The van der Waals surface area contributed by atoms with E-state index in [1.807, 2.05) is 13.1 Å². The molecule has 0 amide bonds. The zero-order valence-electron chi connectivity index (χ0n) is 17.8. The Morgan fingerprint density at radius 2 is 2.00 bits per heavy atom. The first kappa shape index (κ1) is 21.0. The van der Waals surface area contributed by atoms with Crippen molar-refractivity contribution in [2.45, 2.75) is 32.6 Å². The summed E-state index contributed by atoms with van der Waals surface area (Å²) in [6, 6.07) is 1.75. The summed E-state index contributed by atoms with van der Waals surface area (Å²) < 4.78 is 0. The van der Waals surface area contributed by atoms with E-state index >= 15 is 0 Å². The van der Waals surface area contributed by atoms with Crippen LogP contribution < -0.4 is 4.90 Å². The summed E-state index contributed by atoms with van der Waals surface area (Å²) in [5, 5.41) is 9.47. The number of carbonyl (C=O) groups is 1. The van der Waals surface area contributed by atoms with Gasteiger partial charge >= 0.3 is 0 Å². The second-order valence-electron chi connectivity index (χ2n) is 8.20. The second-order valence-corrected chi connectivity index (χ2v) is 9.79. The van der Waals surface area contributed by atoms with Gasteiger partial charge in [-0.15, -0.1) is 4.80 Å². The number of Topliss-reactive ketones (excluding diaryl/α,β-unsaturated/α-hetero) is 1. The number of carbonyl (C=O) groups excluding carboxylic acids is 1. The molecule has 0 unspecified atom stereocenters. The van der Waals surface area contributed by atoms with Gasteiger partial charge in [0.15, 0.2) is 5.82 Å². The van der Waals surface area contributed by atoms with Crippen molar-refractivity contribution in [3.63, 3.8) is 0 Å². The highest BCUT2D eigenvalue weighted by Gasteiger charge is 2.26. The van der Waals surface area contributed by atoms with Gasteiger partial charge in [-0.1, -0.05) is 22.9 Å². The molecule has 10 heteroatoms. The fourth-order valence-electron chi connectivity index (χ4n) is 3.88. The van der Waals surface area contributed by atoms with E-state index in [9.17, 15) is 4.79 Å². The van der Waals surface area contributed by atoms with Gasteiger partial charge in [0.2, 0.25) is 0 Å². The molecule has 0 aromatic carbocycles. The van der Waals surface area contributed by atoms with E-state index < -0.39 is 0 Å². The molecule has 4 heterocycles. The number of anilines is 1. The number of hydrogen-bond donors (Lipinski definition) is 0. The summed E-state index contributed by atoms with van der Waals surface area (Å²) in [4.78, 5) is 31.1. The third kappa shape index (κ3) is 4.35. The monoisotopic (exact) mass is 467 g/mol. The molecule has 1 aliphatic carbocycles. The number of hydrogen-bond acceptors (Lipinski definition) is 8. The van der Waals surface area contributed by atoms with Crippen molar-refractivity contribution in [1.29, 1.82) is 0 Å². The predicted molar refractivity (Wildman–Crippen MR) is 125 cm³/mol. The molecule has 0 aliphatic heterocycles. The van der Waals surface area contributed by atoms with E-state index in [1.54, 1.807) is 36.0 Å². The predicted octanol–water partition coefficient (Wildman–Crippen LogP) is 3.83. The van der Waals surface area contributed by atoms with Crippen LogP contribution in [0.1, 0.15) is 29.0 Å². The molecule has 0 atom stereocenters. The lowest BCUT2D eigenvalue weighted by Crippen LogP contribution is -2.23. The van der Waals surface area contributed by atoms with Gasteiger partial charge in [0.1, 0.15) is 16.1 Å². The highest BCUT2D eigenvalue weighted by atomic mass is 35.5. The Hall–Kier alpha value is -2.91. The van der Waals surface area contributed by atoms with Crippen LogP contribution in [0.15, 0.2) is 30.9 Å². The number of nitrogens with zero attached hydrogens (tertiary/aromatic N) is 7. The minimum atomic E-state index is 0.0713. The highest BCUT2D eigenvalue weighted by Crippen LogP contribution is 2.36. The Balaban J connectivity index is 1.38. The maximum absolute atomic E-state index is 13.0. The largest absolute Gasteiger partial charge is 0.372 e. The molecule has 0 radical (unpaired) electrons. The summed E-state index contributed by atoms with van der Waals surface area (Å²) in [6.07, 6.45) is 9.64. The normalized spacial score (nSPS) is 13.6. The summed E-state index contributed by atoms with van der Waals surface area (Å²) in [5.74, 6) is 1.23. The number of fused-ring (bicyclic) bond motifs is 1. The van der Waals surface area contributed by atoms with E-state index in [4.69, 9.17) is 16.6 Å². The number of aryl methyl sites for hydroxylation is 1. The Kier molecular flexibility index (Phi) is 5.60. The molecule has 0 spiro atoms. The van der Waals surface area contributed by atoms with Gasteiger partial charge in [-0.2, -0.15) is 10.2 Å². The van der Waals surface area contributed by atoms with Gasteiger partial charge in [0, 0.05) is 44.4 Å². The fraction of sp³-hybridized carbons (Fsp3) is 0.364. The molecule has 0 N–H and O–H groups in total. The van der Waals surface area contributed by atoms with Crippen molar-refractivity contribution in [2.75, 3.05) is 18.5 Å². The maximum atomic E-state index is 13.0. The van der Waals surface area contributed by atoms with Gasteiger partial charge in [-0.25, -0.2) is 15.0 Å². The zero-order valence-corrected chi connectivity index (χ0v) is 19.4. The highest BCUT2D eigenvalue weighted by molar-refractivity contribution is 7.18. The molecule has 1 aliphatic rings. The van der Waals surface area contributed by atoms with Gasteiger partial charge < -0.3 is 4.90 Å². The van der Waals surface area contributed by atoms with Crippen molar-refractivity contribution in [3.05, 3.63) is 52.0 Å². The van der Waals surface area contributed by atoms with Crippen molar-refractivity contribution < 1.29 is 4.79 Å². The zero-order chi connectivity index (χ0) is 22.2. The average molecular weight is 468 g/mol. The summed E-state index contributed by atoms with van der Waals surface area (Å²) in [6.45, 7) is 2.96. The Bertz CT molecular complexity index is 1280. The molecule has 4 aromatic rings. The standard InChI is InChI=1S/C22H22ClN7OS/c1-13-28-19-20(29(2)12-14-3-4-14)16(11-25-22(19)32-13)9-17(31)7-15-8-18(23)21(24-10-15)30-26-5-6-27-30/h5-6,8,10-11,14H,3-4,7,9,12H2,1-2H3. The number of halogens is 1. The molecule has 0 bridgehead atoms. The van der Waals surface area contributed by atoms with Crippen LogP contribution in [0, 0.1) is 12.8 Å². The van der Waals surface area contributed by atoms with E-state index in [2.05, 4.69) is 32.1 Å². The van der Waals surface area contributed by atoms with Crippen LogP contribution in [0.25, 0.3) is 16.2 Å². The van der Waals surface area contributed by atoms with Crippen molar-refractivity contribution in [2.24, 2.45) is 5.92 Å². The lowest BCUT2D eigenvalue weighted by Gasteiger charge is -2.22. The summed E-state index contributed by atoms with van der Waals surface area (Å²) in [5.41, 5.74) is 3.58. The Labute approximate surface area is 194 Å². The molecule has 1 saturated carbocycles. The van der Waals surface area contributed by atoms with Crippen LogP contribution in [0.5, 0.6) is 0 Å². The topological polar surface area (TPSA) is 89.7 Å². The molecule has 0 saturated heterocycles. The first-order valence-corrected chi connectivity index (χ1v) is 11.7. The summed E-state index contributed by atoms with van der Waals surface area (Å²) >= 11 is 7.94. The summed E-state index contributed by atoms with van der Waals surface area (Å²) in [7, 11) is 2.08. The lowest BCUT2D eigenvalue weighted by molar-refractivity contribution is -0.117. The third-order valence-corrected chi connectivity index (χ3v) is 6.63. The second kappa shape index (κ2) is 8.55. The molecule has 164 valence electrons. The number of ketones is 1. The Morgan fingerprint density at radius 3 is 2.72 bits per heavy atom. The number of rotatable bonds is 8. The molecule has 32 heavy (non-hydrogen) atoms. The Morgan fingerprint density at radius 1 is 1.22 bits per heavy atom. The smallest absolute Gasteiger partial charge is 0.193 e. The van der Waals surface area contributed by atoms with E-state index in [-0.39, 0.29) is 18.6 Å². The van der Waals surface area contributed by atoms with Crippen LogP contribution in [0.4, 0.5) is 5.69 Å². The minimum Gasteiger partial charge on any atom is -0.372 e. The quantitative estimate of drug-likeness (QED) is 0.389. The molecule has 5 rings (SSSR count). The lowest BCUT2D eigenvalue weighted by atomic mass is 10.0. The van der Waals surface area contributed by atoms with E-state index in [0.29, 0.717) is 10.8 Å². The number of pyridine rings is 2. The first-order chi connectivity index (χ1) is 15.5. The van der Waals surface area contributed by atoms with Gasteiger partial charge in [-0.05, 0) is 37.3 Å². The van der Waals surface area contributed by atoms with Crippen molar-refractivity contribution in [3.8, 4) is 5.82 Å². The van der Waals surface area contributed by atoms with Crippen molar-refractivity contribution in [1.82, 2.24) is 29.9 Å². The maximum Gasteiger partial charge on any atom is 0.193 e. The van der Waals surface area contributed by atoms with Crippen LogP contribution in [0.2, 0.25) is 5.02 Å². The van der Waals surface area contributed by atoms with Crippen LogP contribution in [0.3, 0.4) is 0 Å². The van der Waals surface area contributed by atoms with Crippen LogP contribution >= 0.6 is 22.9 Å². The number of thiazole rings is 1. The van der Waals surface area contributed by atoms with E-state index in [1.165, 1.54) is 17.6 Å². The molecular weight excluding hydrogens is 446 g/mol. The molecular formula is C22H22ClN7OS. The van der Waals surface area contributed by atoms with Crippen molar-refractivity contribution >= 4 is 44.8 Å². The minimum absolute atomic E-state index is 0.0713. The van der Waals surface area contributed by atoms with Crippen LogP contribution in [-0.4, -0.2) is 49.3 Å². The van der Waals surface area contributed by atoms with Gasteiger partial charge in [-0.3, -0.25) is 4.79 Å². The van der Waals surface area contributed by atoms with E-state index in [0.717, 1.165) is 44.6 Å². The SMILES string of the molecule is Cc1nc2c(N(C)CC3CC3)c(CC(=O)Cc3cnc(-n4nccn4)c(Cl)c3)cnc2s1. The average Bonchev–Trinajstić information content (AvgIpc) is 3.23. The molecule has 4 aromatic heterocycles. The first-order valence-electron chi connectivity index (χ1n) is 10.5. The third-order valence-electron chi connectivity index (χ3n) is 5.47. The fourth-order valence-corrected chi connectivity index (χ4v) is 4.91. The van der Waals surface area contributed by atoms with Crippen LogP contribution in [-0.2, 0) is 17.6 Å². The molecule has 1 fully saturated rings.